The van der Waals surface area contributed by atoms with Crippen LogP contribution in [0.2, 0.25) is 5.02 Å². The lowest BCUT2D eigenvalue weighted by Crippen LogP contribution is -2.30. The van der Waals surface area contributed by atoms with E-state index < -0.39 is 41.4 Å². The van der Waals surface area contributed by atoms with Crippen molar-refractivity contribution in [2.75, 3.05) is 10.2 Å². The van der Waals surface area contributed by atoms with Gasteiger partial charge in [0.15, 0.2) is 6.10 Å². The summed E-state index contributed by atoms with van der Waals surface area (Å²) >= 11 is 5.86. The second-order valence-corrected chi connectivity index (χ2v) is 7.78. The zero-order chi connectivity index (χ0) is 24.6. The van der Waals surface area contributed by atoms with Crippen molar-refractivity contribution in [3.63, 3.8) is 0 Å². The summed E-state index contributed by atoms with van der Waals surface area (Å²) in [7, 11) is 0. The number of halogens is 3. The maximum Gasteiger partial charge on any atom is 0.338 e. The van der Waals surface area contributed by atoms with Crippen molar-refractivity contribution in [3.05, 3.63) is 94.0 Å². The normalized spacial score (nSPS) is 13.5. The molecule has 3 aromatic carbocycles. The Labute approximate surface area is 196 Å². The molecule has 1 N–H and O–H groups in total. The molecule has 1 heterocycles. The molecule has 0 saturated heterocycles. The Bertz CT molecular complexity index is 1340. The molecule has 0 fully saturated rings. The number of carbonyl (C=O) groups excluding carboxylic acids is 4. The van der Waals surface area contributed by atoms with Crippen LogP contribution >= 0.6 is 11.6 Å². The van der Waals surface area contributed by atoms with Crippen LogP contribution in [0.4, 0.5) is 20.2 Å². The fraction of sp³-hybridized carbons (Fsp3) is 0.0833. The van der Waals surface area contributed by atoms with Gasteiger partial charge in [-0.3, -0.25) is 14.4 Å². The fourth-order valence-electron chi connectivity index (χ4n) is 3.30. The second-order valence-electron chi connectivity index (χ2n) is 7.34. The van der Waals surface area contributed by atoms with E-state index in [1.54, 1.807) is 0 Å². The van der Waals surface area contributed by atoms with Crippen LogP contribution in [0.15, 0.2) is 60.7 Å². The summed E-state index contributed by atoms with van der Waals surface area (Å²) in [6.45, 7) is 1.26. The molecule has 34 heavy (non-hydrogen) atoms. The molecule has 1 aliphatic heterocycles. The number of carbonyl (C=O) groups is 4. The predicted octanol–water partition coefficient (Wildman–Crippen LogP) is 4.60. The van der Waals surface area contributed by atoms with Gasteiger partial charge in [-0.15, -0.1) is 0 Å². The first-order valence-electron chi connectivity index (χ1n) is 9.91. The van der Waals surface area contributed by atoms with Crippen molar-refractivity contribution in [2.24, 2.45) is 0 Å². The molecule has 4 rings (SSSR count). The highest BCUT2D eigenvalue weighted by Gasteiger charge is 2.37. The molecule has 1 aliphatic rings. The van der Waals surface area contributed by atoms with Crippen LogP contribution in [-0.4, -0.2) is 29.8 Å². The van der Waals surface area contributed by atoms with Gasteiger partial charge in [0, 0.05) is 11.1 Å². The highest BCUT2D eigenvalue weighted by molar-refractivity contribution is 6.35. The van der Waals surface area contributed by atoms with Crippen molar-refractivity contribution < 1.29 is 32.7 Å². The zero-order valence-electron chi connectivity index (χ0n) is 17.5. The van der Waals surface area contributed by atoms with E-state index in [9.17, 15) is 28.0 Å². The van der Waals surface area contributed by atoms with Crippen LogP contribution in [-0.2, 0) is 9.53 Å². The molecule has 3 amide bonds. The van der Waals surface area contributed by atoms with Gasteiger partial charge in [0.25, 0.3) is 17.7 Å². The molecule has 0 bridgehead atoms. The largest absolute Gasteiger partial charge is 0.449 e. The third-order valence-corrected chi connectivity index (χ3v) is 5.30. The summed E-state index contributed by atoms with van der Waals surface area (Å²) in [4.78, 5) is 51.3. The van der Waals surface area contributed by atoms with E-state index in [1.165, 1.54) is 49.4 Å². The van der Waals surface area contributed by atoms with Crippen molar-refractivity contribution in [1.82, 2.24) is 0 Å². The Morgan fingerprint density at radius 2 is 1.62 bits per heavy atom. The number of nitrogens with one attached hydrogen (secondary N) is 1. The van der Waals surface area contributed by atoms with E-state index in [0.717, 1.165) is 17.0 Å². The molecule has 0 aromatic heterocycles. The quantitative estimate of drug-likeness (QED) is 0.422. The van der Waals surface area contributed by atoms with Crippen LogP contribution in [0.1, 0.15) is 38.0 Å². The number of anilines is 2. The standard InChI is InChI=1S/C24H15ClF2N2O5/c1-12(21(30)28-20-9-5-15(26)11-19(20)27)34-24(33)13-2-8-17-18(10-13)23(32)29(22(17)31)16-6-3-14(25)4-7-16/h2-12H,1H3,(H,28,30). The van der Waals surface area contributed by atoms with Crippen molar-refractivity contribution in [1.29, 1.82) is 0 Å². The number of benzene rings is 3. The Kier molecular flexibility index (Phi) is 6.12. The average Bonchev–Trinajstić information content (AvgIpc) is 3.05. The predicted molar refractivity (Wildman–Crippen MR) is 119 cm³/mol. The molecule has 10 heteroatoms. The third kappa shape index (κ3) is 4.38. The fourth-order valence-corrected chi connectivity index (χ4v) is 3.43. The van der Waals surface area contributed by atoms with E-state index in [0.29, 0.717) is 16.8 Å². The number of fused-ring (bicyclic) bond motifs is 1. The molecule has 1 unspecified atom stereocenters. The monoisotopic (exact) mass is 484 g/mol. The van der Waals surface area contributed by atoms with E-state index in [2.05, 4.69) is 5.32 Å². The van der Waals surface area contributed by atoms with Crippen LogP contribution in [0, 0.1) is 11.6 Å². The summed E-state index contributed by atoms with van der Waals surface area (Å²) in [6.07, 6.45) is -1.34. The van der Waals surface area contributed by atoms with E-state index in [4.69, 9.17) is 16.3 Å². The Balaban J connectivity index is 1.48. The van der Waals surface area contributed by atoms with Crippen molar-refractivity contribution in [2.45, 2.75) is 13.0 Å². The first kappa shape index (κ1) is 23.1. The Hall–Kier alpha value is -4.11. The number of esters is 1. The van der Waals surface area contributed by atoms with Crippen molar-refractivity contribution >= 4 is 46.7 Å². The lowest BCUT2D eigenvalue weighted by molar-refractivity contribution is -0.123. The molecule has 1 atom stereocenters. The number of hydrogen-bond donors (Lipinski definition) is 1. The van der Waals surface area contributed by atoms with Gasteiger partial charge in [0.1, 0.15) is 11.6 Å². The van der Waals surface area contributed by atoms with Crippen LogP contribution < -0.4 is 10.2 Å². The van der Waals surface area contributed by atoms with Crippen LogP contribution in [0.3, 0.4) is 0 Å². The summed E-state index contributed by atoms with van der Waals surface area (Å²) < 4.78 is 31.9. The Morgan fingerprint density at radius 1 is 0.941 bits per heavy atom. The number of rotatable bonds is 5. The van der Waals surface area contributed by atoms with Gasteiger partial charge < -0.3 is 10.1 Å². The molecule has 3 aromatic rings. The maximum atomic E-state index is 13.7. The first-order valence-corrected chi connectivity index (χ1v) is 10.3. The maximum absolute atomic E-state index is 13.7. The van der Waals surface area contributed by atoms with Gasteiger partial charge in [0.2, 0.25) is 0 Å². The van der Waals surface area contributed by atoms with Gasteiger partial charge in [0.05, 0.1) is 28.1 Å². The number of hydrogen-bond acceptors (Lipinski definition) is 5. The first-order chi connectivity index (χ1) is 16.2. The van der Waals surface area contributed by atoms with Gasteiger partial charge in [-0.25, -0.2) is 18.5 Å². The molecular weight excluding hydrogens is 470 g/mol. The van der Waals surface area contributed by atoms with Gasteiger partial charge >= 0.3 is 5.97 Å². The van der Waals surface area contributed by atoms with E-state index in [-0.39, 0.29) is 22.4 Å². The van der Waals surface area contributed by atoms with Gasteiger partial charge in [-0.05, 0) is 61.5 Å². The summed E-state index contributed by atoms with van der Waals surface area (Å²) in [5.74, 6) is -4.77. The SMILES string of the molecule is CC(OC(=O)c1ccc2c(c1)C(=O)N(c1ccc(Cl)cc1)C2=O)C(=O)Nc1ccc(F)cc1F. The smallest absolute Gasteiger partial charge is 0.338 e. The van der Waals surface area contributed by atoms with Crippen molar-refractivity contribution in [3.8, 4) is 0 Å². The average molecular weight is 485 g/mol. The molecule has 172 valence electrons. The molecule has 0 radical (unpaired) electrons. The minimum absolute atomic E-state index is 0.000104. The number of ether oxygens (including phenoxy) is 1. The number of imide groups is 1. The summed E-state index contributed by atoms with van der Waals surface area (Å²) in [5.41, 5.74) is 0.0794. The van der Waals surface area contributed by atoms with Gasteiger partial charge in [-0.2, -0.15) is 0 Å². The molecule has 7 nitrogen and oxygen atoms in total. The highest BCUT2D eigenvalue weighted by atomic mass is 35.5. The number of nitrogens with zero attached hydrogens (tertiary/aromatic N) is 1. The lowest BCUT2D eigenvalue weighted by Gasteiger charge is -2.14. The third-order valence-electron chi connectivity index (χ3n) is 5.05. The van der Waals surface area contributed by atoms with Gasteiger partial charge in [-0.1, -0.05) is 11.6 Å². The zero-order valence-corrected chi connectivity index (χ0v) is 18.2. The molecule has 0 aliphatic carbocycles. The summed E-state index contributed by atoms with van der Waals surface area (Å²) in [5, 5.41) is 2.64. The topological polar surface area (TPSA) is 92.8 Å². The summed E-state index contributed by atoms with van der Waals surface area (Å²) in [6, 6.07) is 12.5. The molecule has 0 spiro atoms. The Morgan fingerprint density at radius 3 is 2.29 bits per heavy atom. The second kappa shape index (κ2) is 9.03. The van der Waals surface area contributed by atoms with Crippen LogP contribution in [0.5, 0.6) is 0 Å². The molecule has 0 saturated carbocycles. The number of amides is 3. The minimum Gasteiger partial charge on any atom is -0.449 e. The minimum atomic E-state index is -1.34. The van der Waals surface area contributed by atoms with E-state index >= 15 is 0 Å². The van der Waals surface area contributed by atoms with Crippen LogP contribution in [0.25, 0.3) is 0 Å². The molecular formula is C24H15ClF2N2O5. The lowest BCUT2D eigenvalue weighted by atomic mass is 10.1. The van der Waals surface area contributed by atoms with E-state index in [1.807, 2.05) is 0 Å². The highest BCUT2D eigenvalue weighted by Crippen LogP contribution is 2.30.